The van der Waals surface area contributed by atoms with Gasteiger partial charge in [-0.2, -0.15) is 11.8 Å². The summed E-state index contributed by atoms with van der Waals surface area (Å²) in [7, 11) is 0. The second-order valence-corrected chi connectivity index (χ2v) is 5.70. The summed E-state index contributed by atoms with van der Waals surface area (Å²) in [4.78, 5) is 12.0. The molecule has 2 rings (SSSR count). The molecule has 0 radical (unpaired) electrons. The van der Waals surface area contributed by atoms with Gasteiger partial charge in [0, 0.05) is 31.1 Å². The molecule has 1 aliphatic rings. The van der Waals surface area contributed by atoms with Crippen LogP contribution in [0, 0.1) is 0 Å². The van der Waals surface area contributed by atoms with Crippen molar-refractivity contribution >= 4 is 17.7 Å². The van der Waals surface area contributed by atoms with Crippen LogP contribution in [-0.4, -0.2) is 40.2 Å². The first kappa shape index (κ1) is 13.5. The van der Waals surface area contributed by atoms with E-state index in [9.17, 15) is 4.79 Å². The van der Waals surface area contributed by atoms with Gasteiger partial charge in [-0.1, -0.05) is 0 Å². The van der Waals surface area contributed by atoms with E-state index in [0.717, 1.165) is 23.6 Å². The third kappa shape index (κ3) is 3.78. The molecule has 0 unspecified atom stereocenters. The average molecular weight is 268 g/mol. The van der Waals surface area contributed by atoms with E-state index in [1.165, 1.54) is 12.8 Å². The number of aliphatic hydroxyl groups is 1. The van der Waals surface area contributed by atoms with Gasteiger partial charge >= 0.3 is 0 Å². The molecule has 1 aromatic rings. The molecule has 0 spiro atoms. The van der Waals surface area contributed by atoms with Gasteiger partial charge in [0.05, 0.1) is 0 Å². The fraction of sp³-hybridized carbons (Fsp3) is 0.615. The van der Waals surface area contributed by atoms with Crippen LogP contribution in [0.25, 0.3) is 0 Å². The molecule has 4 nitrogen and oxygen atoms in total. The lowest BCUT2D eigenvalue weighted by molar-refractivity contribution is 0.0946. The molecule has 2 N–H and O–H groups in total. The molecule has 1 aromatic heterocycles. The van der Waals surface area contributed by atoms with E-state index >= 15 is 0 Å². The van der Waals surface area contributed by atoms with Gasteiger partial charge in [0.15, 0.2) is 0 Å². The number of amides is 1. The molecule has 1 aliphatic carbocycles. The third-order valence-corrected chi connectivity index (χ3v) is 4.00. The van der Waals surface area contributed by atoms with Crippen LogP contribution in [0.2, 0.25) is 0 Å². The second kappa shape index (κ2) is 6.85. The van der Waals surface area contributed by atoms with Crippen LogP contribution in [0.15, 0.2) is 18.3 Å². The highest BCUT2D eigenvalue weighted by Gasteiger charge is 2.26. The van der Waals surface area contributed by atoms with Crippen molar-refractivity contribution < 1.29 is 9.90 Å². The van der Waals surface area contributed by atoms with Crippen molar-refractivity contribution in [3.05, 3.63) is 24.0 Å². The number of carbonyl (C=O) groups is 1. The van der Waals surface area contributed by atoms with E-state index in [1.54, 1.807) is 11.8 Å². The van der Waals surface area contributed by atoms with Crippen molar-refractivity contribution in [3.8, 4) is 0 Å². The van der Waals surface area contributed by atoms with Crippen molar-refractivity contribution in [2.75, 3.05) is 24.7 Å². The summed E-state index contributed by atoms with van der Waals surface area (Å²) in [5.41, 5.74) is 0.776. The lowest BCUT2D eigenvalue weighted by Gasteiger charge is -2.08. The van der Waals surface area contributed by atoms with Gasteiger partial charge < -0.3 is 15.0 Å². The third-order valence-electron chi connectivity index (χ3n) is 2.93. The minimum Gasteiger partial charge on any atom is -0.396 e. The smallest absolute Gasteiger partial charge is 0.267 e. The molecule has 0 saturated heterocycles. The fourth-order valence-corrected chi connectivity index (χ4v) is 2.64. The second-order valence-electron chi connectivity index (χ2n) is 4.48. The van der Waals surface area contributed by atoms with E-state index in [0.29, 0.717) is 12.6 Å². The zero-order chi connectivity index (χ0) is 12.8. The summed E-state index contributed by atoms with van der Waals surface area (Å²) in [5, 5.41) is 11.6. The predicted octanol–water partition coefficient (Wildman–Crippen LogP) is 1.67. The van der Waals surface area contributed by atoms with Crippen molar-refractivity contribution in [1.29, 1.82) is 0 Å². The highest BCUT2D eigenvalue weighted by Crippen LogP contribution is 2.35. The van der Waals surface area contributed by atoms with E-state index in [1.807, 2.05) is 18.3 Å². The predicted molar refractivity (Wildman–Crippen MR) is 74.1 cm³/mol. The van der Waals surface area contributed by atoms with Gasteiger partial charge in [0.2, 0.25) is 0 Å². The number of nitrogens with zero attached hydrogens (tertiary/aromatic N) is 1. The number of aromatic nitrogens is 1. The lowest BCUT2D eigenvalue weighted by atomic mass is 10.4. The molecule has 1 heterocycles. The number of hydrogen-bond donors (Lipinski definition) is 2. The molecule has 100 valence electrons. The molecular formula is C13H20N2O2S. The minimum absolute atomic E-state index is 0.0228. The summed E-state index contributed by atoms with van der Waals surface area (Å²) in [6, 6.07) is 4.36. The standard InChI is InChI=1S/C13H20N2O2S/c16-8-2-9-18-10-6-14-13(17)12-3-1-7-15(12)11-4-5-11/h1,3,7,11,16H,2,4-6,8-10H2,(H,14,17). The first-order valence-corrected chi connectivity index (χ1v) is 7.62. The van der Waals surface area contributed by atoms with Crippen LogP contribution < -0.4 is 5.32 Å². The van der Waals surface area contributed by atoms with Gasteiger partial charge in [0.25, 0.3) is 5.91 Å². The molecule has 0 aromatic carbocycles. The van der Waals surface area contributed by atoms with Crippen molar-refractivity contribution in [3.63, 3.8) is 0 Å². The number of thioether (sulfide) groups is 1. The quantitative estimate of drug-likeness (QED) is 0.705. The maximum atomic E-state index is 12.0. The highest BCUT2D eigenvalue weighted by atomic mass is 32.2. The summed E-state index contributed by atoms with van der Waals surface area (Å²) in [6.45, 7) is 0.930. The van der Waals surface area contributed by atoms with Crippen LogP contribution in [0.4, 0.5) is 0 Å². The van der Waals surface area contributed by atoms with Gasteiger partial charge in [-0.3, -0.25) is 4.79 Å². The Morgan fingerprint density at radius 1 is 1.50 bits per heavy atom. The Hall–Kier alpha value is -0.940. The summed E-state index contributed by atoms with van der Waals surface area (Å²) in [6.07, 6.45) is 5.18. The van der Waals surface area contributed by atoms with Crippen LogP contribution >= 0.6 is 11.8 Å². The van der Waals surface area contributed by atoms with E-state index < -0.39 is 0 Å². The van der Waals surface area contributed by atoms with Crippen molar-refractivity contribution in [2.45, 2.75) is 25.3 Å². The number of carbonyl (C=O) groups excluding carboxylic acids is 1. The maximum Gasteiger partial charge on any atom is 0.267 e. The monoisotopic (exact) mass is 268 g/mol. The van der Waals surface area contributed by atoms with Crippen molar-refractivity contribution in [1.82, 2.24) is 9.88 Å². The minimum atomic E-state index is 0.0228. The van der Waals surface area contributed by atoms with Gasteiger partial charge in [-0.05, 0) is 37.1 Å². The van der Waals surface area contributed by atoms with E-state index in [2.05, 4.69) is 9.88 Å². The maximum absolute atomic E-state index is 12.0. The lowest BCUT2D eigenvalue weighted by Crippen LogP contribution is -2.27. The zero-order valence-corrected chi connectivity index (χ0v) is 11.3. The molecule has 0 bridgehead atoms. The molecule has 0 aliphatic heterocycles. The normalized spacial score (nSPS) is 14.7. The first-order chi connectivity index (χ1) is 8.83. The molecule has 18 heavy (non-hydrogen) atoms. The Labute approximate surface area is 112 Å². The Kier molecular flexibility index (Phi) is 5.13. The first-order valence-electron chi connectivity index (χ1n) is 6.46. The largest absolute Gasteiger partial charge is 0.396 e. The van der Waals surface area contributed by atoms with Gasteiger partial charge in [-0.15, -0.1) is 0 Å². The van der Waals surface area contributed by atoms with E-state index in [4.69, 9.17) is 5.11 Å². The van der Waals surface area contributed by atoms with Gasteiger partial charge in [-0.25, -0.2) is 0 Å². The number of aliphatic hydroxyl groups excluding tert-OH is 1. The SMILES string of the molecule is O=C(NCCSCCCO)c1cccn1C1CC1. The summed E-state index contributed by atoms with van der Waals surface area (Å²) < 4.78 is 2.08. The Morgan fingerprint density at radius 3 is 3.06 bits per heavy atom. The Balaban J connectivity index is 1.69. The van der Waals surface area contributed by atoms with Crippen LogP contribution in [0.3, 0.4) is 0 Å². The van der Waals surface area contributed by atoms with Crippen LogP contribution in [0.5, 0.6) is 0 Å². The number of hydrogen-bond acceptors (Lipinski definition) is 3. The number of rotatable bonds is 8. The molecule has 1 saturated carbocycles. The zero-order valence-electron chi connectivity index (χ0n) is 10.5. The summed E-state index contributed by atoms with van der Waals surface area (Å²) >= 11 is 1.76. The average Bonchev–Trinajstić information content (AvgIpc) is 3.11. The Bertz CT molecular complexity index is 388. The molecular weight excluding hydrogens is 248 g/mol. The van der Waals surface area contributed by atoms with E-state index in [-0.39, 0.29) is 12.5 Å². The molecule has 1 fully saturated rings. The van der Waals surface area contributed by atoms with Crippen LogP contribution in [-0.2, 0) is 0 Å². The van der Waals surface area contributed by atoms with Crippen molar-refractivity contribution in [2.24, 2.45) is 0 Å². The highest BCUT2D eigenvalue weighted by molar-refractivity contribution is 7.99. The Morgan fingerprint density at radius 2 is 2.33 bits per heavy atom. The summed E-state index contributed by atoms with van der Waals surface area (Å²) in [5.74, 6) is 1.87. The molecule has 1 amide bonds. The fourth-order valence-electron chi connectivity index (χ4n) is 1.85. The molecule has 0 atom stereocenters. The molecule has 5 heteroatoms. The topological polar surface area (TPSA) is 54.3 Å². The van der Waals surface area contributed by atoms with Gasteiger partial charge in [0.1, 0.15) is 5.69 Å². The number of nitrogens with one attached hydrogen (secondary N) is 1. The van der Waals surface area contributed by atoms with Crippen LogP contribution in [0.1, 0.15) is 35.8 Å².